The average molecular weight is 303 g/mol. The van der Waals surface area contributed by atoms with Gasteiger partial charge >= 0.3 is 0 Å². The van der Waals surface area contributed by atoms with Crippen LogP contribution >= 0.6 is 15.9 Å². The molecule has 0 saturated carbocycles. The number of nitrogens with two attached hydrogens (primary N) is 1. The van der Waals surface area contributed by atoms with Gasteiger partial charge in [-0.25, -0.2) is 0 Å². The van der Waals surface area contributed by atoms with E-state index in [-0.39, 0.29) is 17.9 Å². The van der Waals surface area contributed by atoms with Gasteiger partial charge in [0.15, 0.2) is 0 Å². The summed E-state index contributed by atoms with van der Waals surface area (Å²) in [6.45, 7) is 1.69. The second-order valence-electron chi connectivity index (χ2n) is 3.78. The van der Waals surface area contributed by atoms with Gasteiger partial charge in [0.05, 0.1) is 11.7 Å². The van der Waals surface area contributed by atoms with Crippen molar-refractivity contribution in [2.75, 3.05) is 6.54 Å². The van der Waals surface area contributed by atoms with Gasteiger partial charge in [0, 0.05) is 17.1 Å². The second-order valence-corrected chi connectivity index (χ2v) is 4.69. The fourth-order valence-corrected chi connectivity index (χ4v) is 1.53. The van der Waals surface area contributed by atoms with Crippen molar-refractivity contribution in [2.24, 2.45) is 5.73 Å². The van der Waals surface area contributed by atoms with Crippen LogP contribution in [-0.2, 0) is 0 Å². The molecule has 5 N–H and O–H groups in total. The molecule has 6 heteroatoms. The molecule has 0 radical (unpaired) electrons. The second kappa shape index (κ2) is 6.00. The highest BCUT2D eigenvalue weighted by atomic mass is 79.9. The molecule has 2 atom stereocenters. The van der Waals surface area contributed by atoms with E-state index in [9.17, 15) is 9.90 Å². The monoisotopic (exact) mass is 302 g/mol. The molecule has 1 rings (SSSR count). The molecule has 2 unspecified atom stereocenters. The third-order valence-corrected chi connectivity index (χ3v) is 2.81. The fraction of sp³-hybridized carbons (Fsp3) is 0.364. The summed E-state index contributed by atoms with van der Waals surface area (Å²) in [4.78, 5) is 11.7. The van der Waals surface area contributed by atoms with Crippen molar-refractivity contribution in [1.82, 2.24) is 5.32 Å². The molecule has 0 bridgehead atoms. The Balaban J connectivity index is 2.67. The predicted octanol–water partition coefficient (Wildman–Crippen LogP) is 0.593. The number of phenolic OH excluding ortho intramolecular Hbond substituents is 1. The minimum atomic E-state index is -0.702. The summed E-state index contributed by atoms with van der Waals surface area (Å²) in [5.41, 5.74) is 5.74. The van der Waals surface area contributed by atoms with Crippen LogP contribution in [0.1, 0.15) is 17.3 Å². The summed E-state index contributed by atoms with van der Waals surface area (Å²) in [5, 5.41) is 21.2. The number of carbonyl (C=O) groups is 1. The number of aliphatic hydroxyl groups is 1. The van der Waals surface area contributed by atoms with Crippen LogP contribution in [0.5, 0.6) is 5.75 Å². The normalized spacial score (nSPS) is 14.1. The van der Waals surface area contributed by atoms with Crippen LogP contribution < -0.4 is 11.1 Å². The van der Waals surface area contributed by atoms with E-state index in [0.717, 1.165) is 0 Å². The summed E-state index contributed by atoms with van der Waals surface area (Å²) in [5.74, 6) is -0.531. The van der Waals surface area contributed by atoms with Crippen LogP contribution in [0.2, 0.25) is 0 Å². The molecule has 0 aliphatic rings. The molecule has 94 valence electrons. The lowest BCUT2D eigenvalue weighted by Crippen LogP contribution is -2.43. The van der Waals surface area contributed by atoms with Crippen molar-refractivity contribution < 1.29 is 15.0 Å². The van der Waals surface area contributed by atoms with Gasteiger partial charge < -0.3 is 21.3 Å². The van der Waals surface area contributed by atoms with Crippen LogP contribution in [0.25, 0.3) is 0 Å². The Morgan fingerprint density at radius 1 is 1.59 bits per heavy atom. The fourth-order valence-electron chi connectivity index (χ4n) is 1.17. The Labute approximate surface area is 108 Å². The predicted molar refractivity (Wildman–Crippen MR) is 67.8 cm³/mol. The average Bonchev–Trinajstić information content (AvgIpc) is 2.28. The number of aliphatic hydroxyl groups excluding tert-OH is 1. The summed E-state index contributed by atoms with van der Waals surface area (Å²) >= 11 is 3.21. The molecule has 0 spiro atoms. The molecule has 0 aliphatic heterocycles. The number of halogens is 1. The SMILES string of the molecule is CC(O)C(N)CNC(=O)c1cc(Br)ccc1O. The first-order valence-electron chi connectivity index (χ1n) is 5.12. The minimum absolute atomic E-state index is 0.101. The van der Waals surface area contributed by atoms with Crippen LogP contribution in [0.3, 0.4) is 0 Å². The van der Waals surface area contributed by atoms with E-state index in [1.54, 1.807) is 13.0 Å². The zero-order chi connectivity index (χ0) is 13.0. The van der Waals surface area contributed by atoms with Gasteiger partial charge in [-0.15, -0.1) is 0 Å². The minimum Gasteiger partial charge on any atom is -0.507 e. The quantitative estimate of drug-likeness (QED) is 0.655. The van der Waals surface area contributed by atoms with E-state index in [2.05, 4.69) is 21.2 Å². The molecule has 0 fully saturated rings. The van der Waals surface area contributed by atoms with Gasteiger partial charge in [-0.05, 0) is 25.1 Å². The zero-order valence-corrected chi connectivity index (χ0v) is 10.9. The van der Waals surface area contributed by atoms with Crippen molar-refractivity contribution in [3.63, 3.8) is 0 Å². The molecule has 5 nitrogen and oxygen atoms in total. The highest BCUT2D eigenvalue weighted by molar-refractivity contribution is 9.10. The maximum atomic E-state index is 11.7. The Morgan fingerprint density at radius 2 is 2.24 bits per heavy atom. The molecular weight excluding hydrogens is 288 g/mol. The Morgan fingerprint density at radius 3 is 2.82 bits per heavy atom. The maximum absolute atomic E-state index is 11.7. The number of aromatic hydroxyl groups is 1. The van der Waals surface area contributed by atoms with Gasteiger partial charge in [0.25, 0.3) is 5.91 Å². The zero-order valence-electron chi connectivity index (χ0n) is 9.35. The van der Waals surface area contributed by atoms with Crippen LogP contribution in [0.4, 0.5) is 0 Å². The summed E-state index contributed by atoms with van der Waals surface area (Å²) in [6.07, 6.45) is -0.702. The lowest BCUT2D eigenvalue weighted by Gasteiger charge is -2.15. The van der Waals surface area contributed by atoms with Gasteiger partial charge in [0.2, 0.25) is 0 Å². The summed E-state index contributed by atoms with van der Waals surface area (Å²) < 4.78 is 0.695. The molecule has 0 aromatic heterocycles. The third-order valence-electron chi connectivity index (χ3n) is 2.32. The lowest BCUT2D eigenvalue weighted by molar-refractivity contribution is 0.0935. The highest BCUT2D eigenvalue weighted by Crippen LogP contribution is 2.21. The van der Waals surface area contributed by atoms with Crippen molar-refractivity contribution in [3.8, 4) is 5.75 Å². The molecule has 1 aromatic carbocycles. The number of benzene rings is 1. The number of nitrogens with one attached hydrogen (secondary N) is 1. The molecule has 0 saturated heterocycles. The standard InChI is InChI=1S/C11H15BrN2O3/c1-6(15)9(13)5-14-11(17)8-4-7(12)2-3-10(8)16/h2-4,6,9,15-16H,5,13H2,1H3,(H,14,17). The molecule has 0 heterocycles. The topological polar surface area (TPSA) is 95.6 Å². The van der Waals surface area contributed by atoms with Crippen molar-refractivity contribution in [1.29, 1.82) is 0 Å². The number of hydrogen-bond donors (Lipinski definition) is 4. The molecule has 0 aliphatic carbocycles. The van der Waals surface area contributed by atoms with Crippen LogP contribution in [0.15, 0.2) is 22.7 Å². The Kier molecular flexibility index (Phi) is 4.92. The summed E-state index contributed by atoms with van der Waals surface area (Å²) in [7, 11) is 0. The number of amides is 1. The van der Waals surface area contributed by atoms with Gasteiger partial charge in [-0.2, -0.15) is 0 Å². The number of hydrogen-bond acceptors (Lipinski definition) is 4. The molecule has 17 heavy (non-hydrogen) atoms. The van der Waals surface area contributed by atoms with Crippen LogP contribution in [-0.4, -0.2) is 34.8 Å². The van der Waals surface area contributed by atoms with Crippen molar-refractivity contribution in [3.05, 3.63) is 28.2 Å². The Hall–Kier alpha value is -1.11. The first kappa shape index (κ1) is 14.0. The van der Waals surface area contributed by atoms with E-state index in [4.69, 9.17) is 10.8 Å². The van der Waals surface area contributed by atoms with E-state index >= 15 is 0 Å². The molecule has 1 amide bonds. The first-order valence-corrected chi connectivity index (χ1v) is 5.91. The van der Waals surface area contributed by atoms with Gasteiger partial charge in [-0.1, -0.05) is 15.9 Å². The maximum Gasteiger partial charge on any atom is 0.255 e. The van der Waals surface area contributed by atoms with Gasteiger partial charge in [0.1, 0.15) is 5.75 Å². The molecular formula is C11H15BrN2O3. The van der Waals surface area contributed by atoms with Gasteiger partial charge in [-0.3, -0.25) is 4.79 Å². The largest absolute Gasteiger partial charge is 0.507 e. The smallest absolute Gasteiger partial charge is 0.255 e. The van der Waals surface area contributed by atoms with E-state index in [1.807, 2.05) is 0 Å². The van der Waals surface area contributed by atoms with E-state index < -0.39 is 18.1 Å². The van der Waals surface area contributed by atoms with Crippen molar-refractivity contribution >= 4 is 21.8 Å². The lowest BCUT2D eigenvalue weighted by atomic mass is 10.1. The van der Waals surface area contributed by atoms with Crippen LogP contribution in [0, 0.1) is 0 Å². The highest BCUT2D eigenvalue weighted by Gasteiger charge is 2.14. The number of carbonyl (C=O) groups excluding carboxylic acids is 1. The van der Waals surface area contributed by atoms with E-state index in [1.165, 1.54) is 12.1 Å². The summed E-state index contributed by atoms with van der Waals surface area (Å²) in [6, 6.07) is 4.04. The number of rotatable bonds is 4. The molecule has 1 aromatic rings. The third kappa shape index (κ3) is 3.99. The Bertz CT molecular complexity index is 410. The number of phenols is 1. The first-order chi connectivity index (χ1) is 7.91. The van der Waals surface area contributed by atoms with E-state index in [0.29, 0.717) is 4.47 Å². The van der Waals surface area contributed by atoms with Crippen molar-refractivity contribution in [2.45, 2.75) is 19.1 Å².